The number of nitrogens with one attached hydrogen (secondary N) is 1. The number of methoxy groups -OCH3 is 1. The Morgan fingerprint density at radius 1 is 1.21 bits per heavy atom. The third-order valence-electron chi connectivity index (χ3n) is 2.93. The number of aromatic nitrogens is 3. The molecule has 0 spiro atoms. The van der Waals surface area contributed by atoms with Crippen LogP contribution in [0.4, 0.5) is 5.82 Å². The molecule has 0 unspecified atom stereocenters. The zero-order valence-corrected chi connectivity index (χ0v) is 11.8. The Morgan fingerprint density at radius 3 is 2.63 bits per heavy atom. The van der Waals surface area contributed by atoms with Crippen LogP contribution >= 0.6 is 11.6 Å². The normalized spacial score (nSPS) is 10.3. The van der Waals surface area contributed by atoms with Gasteiger partial charge in [-0.15, -0.1) is 10.2 Å². The maximum Gasteiger partial charge on any atom is 0.212 e. The van der Waals surface area contributed by atoms with Crippen molar-refractivity contribution in [1.29, 1.82) is 0 Å². The molecule has 0 fully saturated rings. The van der Waals surface area contributed by atoms with Gasteiger partial charge in [0, 0.05) is 18.8 Å². The summed E-state index contributed by atoms with van der Waals surface area (Å²) >= 11 is 5.91. The highest BCUT2D eigenvalue weighted by Crippen LogP contribution is 2.21. The van der Waals surface area contributed by atoms with Gasteiger partial charge in [0.25, 0.3) is 0 Å². The van der Waals surface area contributed by atoms with E-state index in [0.717, 1.165) is 22.5 Å². The molecule has 2 heterocycles. The fourth-order valence-corrected chi connectivity index (χ4v) is 1.75. The molecule has 0 aliphatic rings. The Bertz CT molecular complexity index is 572. The van der Waals surface area contributed by atoms with Crippen LogP contribution in [-0.4, -0.2) is 22.3 Å². The van der Waals surface area contributed by atoms with Crippen LogP contribution in [0.25, 0.3) is 0 Å². The smallest absolute Gasteiger partial charge is 0.212 e. The van der Waals surface area contributed by atoms with E-state index in [9.17, 15) is 0 Å². The maximum atomic E-state index is 5.91. The van der Waals surface area contributed by atoms with Gasteiger partial charge in [0.05, 0.1) is 7.11 Å². The molecule has 6 heteroatoms. The van der Waals surface area contributed by atoms with Crippen molar-refractivity contribution >= 4 is 17.4 Å². The molecule has 0 saturated carbocycles. The van der Waals surface area contributed by atoms with Crippen molar-refractivity contribution in [3.05, 3.63) is 40.2 Å². The molecule has 0 atom stereocenters. The molecule has 0 radical (unpaired) electrons. The van der Waals surface area contributed by atoms with E-state index in [4.69, 9.17) is 16.3 Å². The van der Waals surface area contributed by atoms with Crippen LogP contribution in [0.5, 0.6) is 5.88 Å². The number of halogens is 1. The summed E-state index contributed by atoms with van der Waals surface area (Å²) in [5, 5.41) is 11.6. The number of nitrogens with zero attached hydrogens (tertiary/aromatic N) is 3. The first kappa shape index (κ1) is 13.5. The second-order valence-electron chi connectivity index (χ2n) is 4.15. The summed E-state index contributed by atoms with van der Waals surface area (Å²) in [6.07, 6.45) is 1.76. The lowest BCUT2D eigenvalue weighted by molar-refractivity contribution is 0.397. The molecule has 0 saturated heterocycles. The summed E-state index contributed by atoms with van der Waals surface area (Å²) in [5.41, 5.74) is 2.98. The third kappa shape index (κ3) is 3.12. The van der Waals surface area contributed by atoms with Crippen LogP contribution in [0, 0.1) is 13.8 Å². The van der Waals surface area contributed by atoms with Gasteiger partial charge >= 0.3 is 0 Å². The number of pyridine rings is 1. The monoisotopic (exact) mass is 278 g/mol. The molecule has 2 rings (SSSR count). The quantitative estimate of drug-likeness (QED) is 0.932. The first-order chi connectivity index (χ1) is 9.11. The summed E-state index contributed by atoms with van der Waals surface area (Å²) < 4.78 is 5.01. The van der Waals surface area contributed by atoms with Gasteiger partial charge in [0.1, 0.15) is 0 Å². The van der Waals surface area contributed by atoms with Crippen LogP contribution in [0.3, 0.4) is 0 Å². The van der Waals surface area contributed by atoms with Crippen LogP contribution in [-0.2, 0) is 6.54 Å². The van der Waals surface area contributed by atoms with Gasteiger partial charge in [0.15, 0.2) is 11.0 Å². The van der Waals surface area contributed by atoms with Gasteiger partial charge in [-0.3, -0.25) is 0 Å². The molecule has 100 valence electrons. The van der Waals surface area contributed by atoms with Crippen LogP contribution in [0.1, 0.15) is 16.7 Å². The van der Waals surface area contributed by atoms with E-state index < -0.39 is 0 Å². The fourth-order valence-electron chi connectivity index (χ4n) is 1.57. The minimum atomic E-state index is 0.439. The highest BCUT2D eigenvalue weighted by Gasteiger charge is 2.07. The second kappa shape index (κ2) is 5.84. The second-order valence-corrected chi connectivity index (χ2v) is 4.51. The fraction of sp³-hybridized carbons (Fsp3) is 0.308. The van der Waals surface area contributed by atoms with Gasteiger partial charge in [-0.1, -0.05) is 17.7 Å². The number of anilines is 1. The van der Waals surface area contributed by atoms with E-state index >= 15 is 0 Å². The number of ether oxygens (including phenoxy) is 1. The SMILES string of the molecule is COc1ccc(CNc2nnc(Cl)c(C)c2C)cn1. The molecule has 19 heavy (non-hydrogen) atoms. The lowest BCUT2D eigenvalue weighted by atomic mass is 10.2. The standard InChI is InChI=1S/C13H15ClN4O/c1-8-9(2)13(18-17-12(8)14)16-7-10-4-5-11(19-3)15-6-10/h4-6H,7H2,1-3H3,(H,16,18). The predicted molar refractivity (Wildman–Crippen MR) is 74.6 cm³/mol. The molecule has 0 amide bonds. The van der Waals surface area contributed by atoms with E-state index in [0.29, 0.717) is 17.6 Å². The van der Waals surface area contributed by atoms with Gasteiger partial charge in [0.2, 0.25) is 5.88 Å². The van der Waals surface area contributed by atoms with Gasteiger partial charge in [-0.25, -0.2) is 4.98 Å². The van der Waals surface area contributed by atoms with E-state index in [1.165, 1.54) is 0 Å². The minimum absolute atomic E-state index is 0.439. The number of rotatable bonds is 4. The molecule has 0 aliphatic carbocycles. The van der Waals surface area contributed by atoms with Gasteiger partial charge in [-0.05, 0) is 30.5 Å². The van der Waals surface area contributed by atoms with E-state index in [1.54, 1.807) is 13.3 Å². The average molecular weight is 279 g/mol. The number of hydrogen-bond donors (Lipinski definition) is 1. The molecular weight excluding hydrogens is 264 g/mol. The van der Waals surface area contributed by atoms with Crippen molar-refractivity contribution in [2.75, 3.05) is 12.4 Å². The largest absolute Gasteiger partial charge is 0.481 e. The zero-order valence-electron chi connectivity index (χ0n) is 11.1. The number of hydrogen-bond acceptors (Lipinski definition) is 5. The van der Waals surface area contributed by atoms with Crippen molar-refractivity contribution in [3.8, 4) is 5.88 Å². The Morgan fingerprint density at radius 2 is 2.00 bits per heavy atom. The topological polar surface area (TPSA) is 59.9 Å². The molecule has 2 aromatic heterocycles. The molecule has 2 aromatic rings. The summed E-state index contributed by atoms with van der Waals surface area (Å²) in [6.45, 7) is 4.50. The average Bonchev–Trinajstić information content (AvgIpc) is 2.45. The van der Waals surface area contributed by atoms with Crippen LogP contribution in [0.15, 0.2) is 18.3 Å². The van der Waals surface area contributed by atoms with E-state index in [-0.39, 0.29) is 0 Å². The third-order valence-corrected chi connectivity index (χ3v) is 3.29. The van der Waals surface area contributed by atoms with Crippen molar-refractivity contribution < 1.29 is 4.74 Å². The Hall–Kier alpha value is -1.88. The Labute approximate surface area is 117 Å². The Kier molecular flexibility index (Phi) is 4.16. The molecular formula is C13H15ClN4O. The van der Waals surface area contributed by atoms with Crippen molar-refractivity contribution in [2.24, 2.45) is 0 Å². The van der Waals surface area contributed by atoms with Crippen LogP contribution in [0.2, 0.25) is 5.15 Å². The van der Waals surface area contributed by atoms with Crippen molar-refractivity contribution in [2.45, 2.75) is 20.4 Å². The highest BCUT2D eigenvalue weighted by atomic mass is 35.5. The minimum Gasteiger partial charge on any atom is -0.481 e. The zero-order chi connectivity index (χ0) is 13.8. The molecule has 0 bridgehead atoms. The lowest BCUT2D eigenvalue weighted by Crippen LogP contribution is -2.06. The summed E-state index contributed by atoms with van der Waals surface area (Å²) in [5.74, 6) is 1.33. The molecule has 0 aromatic carbocycles. The van der Waals surface area contributed by atoms with Gasteiger partial charge < -0.3 is 10.1 Å². The summed E-state index contributed by atoms with van der Waals surface area (Å²) in [4.78, 5) is 4.14. The maximum absolute atomic E-state index is 5.91. The predicted octanol–water partition coefficient (Wildman–Crippen LogP) is 2.76. The first-order valence-electron chi connectivity index (χ1n) is 5.84. The summed E-state index contributed by atoms with van der Waals surface area (Å²) in [6, 6.07) is 3.77. The van der Waals surface area contributed by atoms with Crippen molar-refractivity contribution in [1.82, 2.24) is 15.2 Å². The van der Waals surface area contributed by atoms with Crippen molar-refractivity contribution in [3.63, 3.8) is 0 Å². The first-order valence-corrected chi connectivity index (χ1v) is 6.21. The van der Waals surface area contributed by atoms with Gasteiger partial charge in [-0.2, -0.15) is 0 Å². The Balaban J connectivity index is 2.08. The van der Waals surface area contributed by atoms with E-state index in [1.807, 2.05) is 26.0 Å². The molecule has 0 aliphatic heterocycles. The molecule has 5 nitrogen and oxygen atoms in total. The van der Waals surface area contributed by atoms with E-state index in [2.05, 4.69) is 20.5 Å². The lowest BCUT2D eigenvalue weighted by Gasteiger charge is -2.10. The highest BCUT2D eigenvalue weighted by molar-refractivity contribution is 6.30. The summed E-state index contributed by atoms with van der Waals surface area (Å²) in [7, 11) is 1.59. The van der Waals surface area contributed by atoms with Crippen LogP contribution < -0.4 is 10.1 Å². The molecule has 1 N–H and O–H groups in total.